The zero-order valence-corrected chi connectivity index (χ0v) is 20.5. The van der Waals surface area contributed by atoms with Gasteiger partial charge in [-0.3, -0.25) is 0 Å². The summed E-state index contributed by atoms with van der Waals surface area (Å²) < 4.78 is 23.4. The van der Waals surface area contributed by atoms with Crippen LogP contribution in [0.1, 0.15) is 41.5 Å². The second-order valence-electron chi connectivity index (χ2n) is 7.67. The van der Waals surface area contributed by atoms with Crippen LogP contribution in [0.3, 0.4) is 0 Å². The van der Waals surface area contributed by atoms with Gasteiger partial charge in [-0.25, -0.2) is 0 Å². The summed E-state index contributed by atoms with van der Waals surface area (Å²) in [5, 5.41) is 0. The van der Waals surface area contributed by atoms with Crippen LogP contribution in [0.5, 0.6) is 23.0 Å². The average molecular weight is 493 g/mol. The van der Waals surface area contributed by atoms with Crippen molar-refractivity contribution in [3.8, 4) is 23.0 Å². The smallest absolute Gasteiger partial charge is 1.00 e. The molecule has 0 aliphatic heterocycles. The van der Waals surface area contributed by atoms with Crippen LogP contribution in [-0.4, -0.2) is 11.2 Å². The molecule has 0 fully saturated rings. The molecule has 0 amide bonds. The van der Waals surface area contributed by atoms with Gasteiger partial charge in [-0.1, -0.05) is 0 Å². The minimum atomic E-state index is -1.51. The van der Waals surface area contributed by atoms with Crippen molar-refractivity contribution >= 4 is 0 Å². The van der Waals surface area contributed by atoms with E-state index in [0.717, 1.165) is 23.0 Å². The maximum atomic E-state index is 5.85. The quantitative estimate of drug-likeness (QED) is 0.541. The third kappa shape index (κ3) is 10.9. The van der Waals surface area contributed by atoms with Gasteiger partial charge in [0, 0.05) is 0 Å². The molecule has 0 aromatic heterocycles. The Hall–Kier alpha value is -0.897. The summed E-state index contributed by atoms with van der Waals surface area (Å²) in [4.78, 5) is 0. The number of benzene rings is 2. The minimum absolute atomic E-state index is 0. The van der Waals surface area contributed by atoms with Gasteiger partial charge in [0.2, 0.25) is 0 Å². The normalized spacial score (nSPS) is 10.6. The fraction of sp³-hybridized carbons (Fsp3) is 0.400. The van der Waals surface area contributed by atoms with Gasteiger partial charge in [0.25, 0.3) is 0 Å². The van der Waals surface area contributed by atoms with E-state index in [1.807, 2.05) is 90.1 Å². The average Bonchev–Trinajstić information content (AvgIpc) is 2.44. The summed E-state index contributed by atoms with van der Waals surface area (Å²) >= 11 is -1.51. The maximum absolute atomic E-state index is 5.85. The number of ether oxygens (including phenoxy) is 2. The fourth-order valence-electron chi connectivity index (χ4n) is 2.03. The molecule has 0 unspecified atom stereocenters. The molecular formula is C20H26Cl2O4Zr. The molecule has 4 nitrogen and oxygen atoms in total. The van der Waals surface area contributed by atoms with E-state index in [1.54, 1.807) is 0 Å². The SMILES string of the molecule is CC(C)(C)Oc1cccc([O][Zr+2][O]c2cccc(OC(C)(C)C)c2)c1.[Cl-].[Cl-]. The Labute approximate surface area is 187 Å². The number of hydrogen-bond acceptors (Lipinski definition) is 4. The van der Waals surface area contributed by atoms with Gasteiger partial charge in [0.1, 0.15) is 0 Å². The van der Waals surface area contributed by atoms with Gasteiger partial charge >= 0.3 is 163 Å². The summed E-state index contributed by atoms with van der Waals surface area (Å²) in [5.74, 6) is 3.14. The zero-order valence-electron chi connectivity index (χ0n) is 16.5. The Kier molecular flexibility index (Phi) is 10.8. The van der Waals surface area contributed by atoms with Crippen LogP contribution in [0.2, 0.25) is 0 Å². The third-order valence-electron chi connectivity index (χ3n) is 2.78. The second-order valence-corrected chi connectivity index (χ2v) is 9.08. The maximum Gasteiger partial charge on any atom is -1.00 e. The molecule has 0 spiro atoms. The van der Waals surface area contributed by atoms with Crippen LogP contribution < -0.4 is 39.9 Å². The first-order valence-corrected chi connectivity index (χ1v) is 10.3. The molecule has 7 heteroatoms. The molecule has 0 N–H and O–H groups in total. The van der Waals surface area contributed by atoms with Gasteiger partial charge in [-0.05, 0) is 0 Å². The molecule has 2 aromatic rings. The molecule has 27 heavy (non-hydrogen) atoms. The number of rotatable bonds is 6. The summed E-state index contributed by atoms with van der Waals surface area (Å²) in [6.07, 6.45) is 0. The van der Waals surface area contributed by atoms with Crippen molar-refractivity contribution < 1.29 is 64.0 Å². The zero-order chi connectivity index (χ0) is 18.5. The standard InChI is InChI=1S/2C10H14O2.2ClH.Zr/c2*1-10(2,3)12-9-6-4-5-8(11)7-9;;;/h2*4-7,11H,1-3H3;2*1H;/q;;;;+4/p-4. The van der Waals surface area contributed by atoms with Crippen molar-refractivity contribution in [1.82, 2.24) is 0 Å². The fourth-order valence-corrected chi connectivity index (χ4v) is 3.23. The molecule has 0 aliphatic rings. The van der Waals surface area contributed by atoms with Crippen LogP contribution in [0.15, 0.2) is 48.5 Å². The van der Waals surface area contributed by atoms with Gasteiger partial charge in [0.05, 0.1) is 0 Å². The van der Waals surface area contributed by atoms with Crippen LogP contribution in [0.4, 0.5) is 0 Å². The van der Waals surface area contributed by atoms with E-state index in [9.17, 15) is 0 Å². The van der Waals surface area contributed by atoms with Gasteiger partial charge < -0.3 is 24.8 Å². The summed E-state index contributed by atoms with van der Waals surface area (Å²) in [6.45, 7) is 12.1. The van der Waals surface area contributed by atoms with Crippen LogP contribution >= 0.6 is 0 Å². The van der Waals surface area contributed by atoms with E-state index in [2.05, 4.69) is 0 Å². The van der Waals surface area contributed by atoms with E-state index < -0.39 is 24.1 Å². The number of halogens is 2. The molecular weight excluding hydrogens is 466 g/mol. The topological polar surface area (TPSA) is 36.9 Å². The predicted molar refractivity (Wildman–Crippen MR) is 94.9 cm³/mol. The molecule has 0 bridgehead atoms. The monoisotopic (exact) mass is 490 g/mol. The molecule has 0 saturated carbocycles. The van der Waals surface area contributed by atoms with Gasteiger partial charge in [-0.2, -0.15) is 0 Å². The Morgan fingerprint density at radius 3 is 1.26 bits per heavy atom. The van der Waals surface area contributed by atoms with Crippen molar-refractivity contribution in [3.05, 3.63) is 48.5 Å². The minimum Gasteiger partial charge on any atom is -1.00 e. The van der Waals surface area contributed by atoms with Crippen molar-refractivity contribution in [2.75, 3.05) is 0 Å². The summed E-state index contributed by atoms with van der Waals surface area (Å²) in [6, 6.07) is 15.3. The first-order chi connectivity index (χ1) is 11.6. The largest absolute Gasteiger partial charge is 1.00 e. The Balaban J connectivity index is 0.00000338. The van der Waals surface area contributed by atoms with E-state index in [1.165, 1.54) is 0 Å². The van der Waals surface area contributed by atoms with E-state index in [0.29, 0.717) is 0 Å². The molecule has 2 rings (SSSR count). The molecule has 0 radical (unpaired) electrons. The van der Waals surface area contributed by atoms with Crippen LogP contribution in [0, 0.1) is 0 Å². The first-order valence-electron chi connectivity index (χ1n) is 8.28. The van der Waals surface area contributed by atoms with E-state index in [4.69, 9.17) is 15.1 Å². The Morgan fingerprint density at radius 2 is 0.926 bits per heavy atom. The third-order valence-corrected chi connectivity index (χ3v) is 4.35. The van der Waals surface area contributed by atoms with Crippen molar-refractivity contribution in [1.29, 1.82) is 0 Å². The first kappa shape index (κ1) is 26.1. The van der Waals surface area contributed by atoms with Crippen LogP contribution in [-0.2, 0) is 24.1 Å². The molecule has 0 saturated heterocycles. The Morgan fingerprint density at radius 1 is 0.593 bits per heavy atom. The summed E-state index contributed by atoms with van der Waals surface area (Å²) in [5.41, 5.74) is -0.467. The Bertz CT molecular complexity index is 637. The second kappa shape index (κ2) is 11.2. The van der Waals surface area contributed by atoms with Crippen molar-refractivity contribution in [3.63, 3.8) is 0 Å². The van der Waals surface area contributed by atoms with Crippen molar-refractivity contribution in [2.24, 2.45) is 0 Å². The van der Waals surface area contributed by atoms with E-state index >= 15 is 0 Å². The molecule has 148 valence electrons. The van der Waals surface area contributed by atoms with E-state index in [-0.39, 0.29) is 36.0 Å². The van der Waals surface area contributed by atoms with Gasteiger partial charge in [0.15, 0.2) is 0 Å². The molecule has 0 atom stereocenters. The summed E-state index contributed by atoms with van der Waals surface area (Å²) in [7, 11) is 0. The number of hydrogen-bond donors (Lipinski definition) is 0. The molecule has 0 aliphatic carbocycles. The predicted octanol–water partition coefficient (Wildman–Crippen LogP) is -0.580. The molecule has 0 heterocycles. The molecule has 2 aromatic carbocycles. The van der Waals surface area contributed by atoms with Crippen molar-refractivity contribution in [2.45, 2.75) is 52.7 Å². The van der Waals surface area contributed by atoms with Crippen LogP contribution in [0.25, 0.3) is 0 Å². The van der Waals surface area contributed by atoms with Gasteiger partial charge in [-0.15, -0.1) is 0 Å².